The number of imidazole rings is 2. The lowest BCUT2D eigenvalue weighted by Gasteiger charge is -2.43. The average Bonchev–Trinajstić information content (AvgIpc) is 4.03. The molecule has 2 amide bonds. The van der Waals surface area contributed by atoms with Gasteiger partial charge in [0.2, 0.25) is 0 Å². The van der Waals surface area contributed by atoms with Crippen molar-refractivity contribution in [2.75, 3.05) is 33.4 Å². The second-order valence-electron chi connectivity index (χ2n) is 15.6. The number of methoxy groups -OCH3 is 1. The molecule has 0 aliphatic carbocycles. The number of fused-ring (bicyclic) bond motifs is 5. The van der Waals surface area contributed by atoms with Gasteiger partial charge in [0.05, 0.1) is 67.4 Å². The van der Waals surface area contributed by atoms with Crippen LogP contribution >= 0.6 is 0 Å². The van der Waals surface area contributed by atoms with E-state index in [1.54, 1.807) is 4.90 Å². The van der Waals surface area contributed by atoms with Gasteiger partial charge in [-0.2, -0.15) is 0 Å². The number of rotatable bonds is 9. The van der Waals surface area contributed by atoms with E-state index in [9.17, 15) is 14.7 Å². The number of hydrogen-bond acceptors (Lipinski definition) is 10. The number of carbonyl (C=O) groups excluding carboxylic acids is 2. The monoisotopic (exact) mass is 749 g/mol. The Morgan fingerprint density at radius 3 is 2.38 bits per heavy atom. The van der Waals surface area contributed by atoms with Gasteiger partial charge in [-0.3, -0.25) is 9.69 Å². The van der Waals surface area contributed by atoms with Crippen LogP contribution in [0.1, 0.15) is 63.3 Å². The second-order valence-corrected chi connectivity index (χ2v) is 15.6. The van der Waals surface area contributed by atoms with E-state index in [1.165, 1.54) is 7.11 Å². The molecule has 0 saturated carbocycles. The highest BCUT2D eigenvalue weighted by atomic mass is 16.5. The smallest absolute Gasteiger partial charge is 0.407 e. The van der Waals surface area contributed by atoms with E-state index in [1.807, 2.05) is 26.2 Å². The molecule has 7 heterocycles. The molecule has 6 N–H and O–H groups in total. The highest BCUT2D eigenvalue weighted by Crippen LogP contribution is 2.42. The van der Waals surface area contributed by atoms with Crippen molar-refractivity contribution in [2.45, 2.75) is 76.2 Å². The molecule has 15 nitrogen and oxygen atoms in total. The summed E-state index contributed by atoms with van der Waals surface area (Å²) in [7, 11) is 1.28. The molecule has 0 spiro atoms. The van der Waals surface area contributed by atoms with Crippen LogP contribution in [0, 0.1) is 5.92 Å². The fourth-order valence-corrected chi connectivity index (χ4v) is 8.60. The Labute approximate surface area is 318 Å². The van der Waals surface area contributed by atoms with Crippen LogP contribution in [0.3, 0.4) is 0 Å². The van der Waals surface area contributed by atoms with Crippen molar-refractivity contribution in [3.63, 3.8) is 0 Å². The lowest BCUT2D eigenvalue weighted by Crippen LogP contribution is -2.70. The largest absolute Gasteiger partial charge is 0.472 e. The highest BCUT2D eigenvalue weighted by molar-refractivity contribution is 5.93. The average molecular weight is 750 g/mol. The zero-order valence-corrected chi connectivity index (χ0v) is 31.2. The Morgan fingerprint density at radius 2 is 1.67 bits per heavy atom. The molecule has 4 aliphatic heterocycles. The molecule has 9 rings (SSSR count). The van der Waals surface area contributed by atoms with E-state index in [-0.39, 0.29) is 43.2 Å². The van der Waals surface area contributed by atoms with Gasteiger partial charge in [0, 0.05) is 41.2 Å². The van der Waals surface area contributed by atoms with E-state index >= 15 is 0 Å². The maximum absolute atomic E-state index is 13.7. The number of nitrogens with two attached hydrogens (primary N) is 1. The SMILES string of the molecule is COC(=O)NC1(C(=O)N2CCCC2c2ncc(-c3ccc4c(c3)cc3n4COc4cc(-c5cnc(C6CCCN6C(O)C(N)C(C)C)[nH]5)ccc4-3)[nH]2)COC1. The quantitative estimate of drug-likeness (QED) is 0.142. The molecule has 15 heteroatoms. The van der Waals surface area contributed by atoms with Gasteiger partial charge in [0.15, 0.2) is 12.3 Å². The summed E-state index contributed by atoms with van der Waals surface area (Å²) in [6.07, 6.45) is 5.77. The number of ether oxygens (including phenoxy) is 3. The third-order valence-electron chi connectivity index (χ3n) is 11.8. The molecule has 4 unspecified atom stereocenters. The summed E-state index contributed by atoms with van der Waals surface area (Å²) in [5.74, 6) is 2.32. The molecule has 2 aromatic carbocycles. The summed E-state index contributed by atoms with van der Waals surface area (Å²) in [4.78, 5) is 46.1. The molecule has 4 atom stereocenters. The van der Waals surface area contributed by atoms with Crippen molar-refractivity contribution in [1.29, 1.82) is 0 Å². The molecular weight excluding hydrogens is 702 g/mol. The summed E-state index contributed by atoms with van der Waals surface area (Å²) in [5.41, 5.74) is 12.0. The first-order chi connectivity index (χ1) is 26.6. The number of aromatic nitrogens is 5. The number of likely N-dealkylation sites (tertiary alicyclic amines) is 2. The summed E-state index contributed by atoms with van der Waals surface area (Å²) in [6, 6.07) is 14.2. The number of aromatic amines is 2. The van der Waals surface area contributed by atoms with Gasteiger partial charge < -0.3 is 49.8 Å². The van der Waals surface area contributed by atoms with Crippen molar-refractivity contribution in [2.24, 2.45) is 11.7 Å². The van der Waals surface area contributed by atoms with Crippen LogP contribution < -0.4 is 15.8 Å². The molecule has 288 valence electrons. The van der Waals surface area contributed by atoms with E-state index in [0.29, 0.717) is 19.1 Å². The van der Waals surface area contributed by atoms with Crippen LogP contribution in [0.25, 0.3) is 44.7 Å². The fraction of sp³-hybridized carbons (Fsp3) is 0.450. The van der Waals surface area contributed by atoms with Crippen molar-refractivity contribution < 1.29 is 28.9 Å². The lowest BCUT2D eigenvalue weighted by molar-refractivity contribution is -0.159. The molecule has 0 bridgehead atoms. The van der Waals surface area contributed by atoms with E-state index in [0.717, 1.165) is 88.5 Å². The standard InChI is InChI=1S/C40H47N9O6/c1-22(2)34(41)37(50)47-12-4-6-30(47)35-42-18-28(45-35)24-8-10-26-32-15-25-14-23(9-11-29(25)49(32)21-55-33(26)16-24)27-17-43-36(44-27)31-7-5-13-48(31)38(51)40(19-54-20-40)46-39(52)53-3/h8-11,14-18,22,30-31,34,37,50H,4-7,12-13,19-21,41H2,1-3H3,(H,42,45)(H,43,44)(H,46,52). The number of aliphatic hydroxyl groups excluding tert-OH is 1. The topological polar surface area (TPSA) is 189 Å². The Balaban J connectivity index is 0.933. The summed E-state index contributed by atoms with van der Waals surface area (Å²) < 4.78 is 18.6. The minimum atomic E-state index is -1.12. The normalized spacial score (nSPS) is 21.5. The minimum Gasteiger partial charge on any atom is -0.472 e. The predicted octanol–water partition coefficient (Wildman–Crippen LogP) is 4.67. The summed E-state index contributed by atoms with van der Waals surface area (Å²) >= 11 is 0. The van der Waals surface area contributed by atoms with Gasteiger partial charge in [-0.1, -0.05) is 26.0 Å². The van der Waals surface area contributed by atoms with Gasteiger partial charge in [0.1, 0.15) is 23.6 Å². The first-order valence-corrected chi connectivity index (χ1v) is 19.1. The van der Waals surface area contributed by atoms with E-state index in [4.69, 9.17) is 29.9 Å². The van der Waals surface area contributed by atoms with Crippen molar-refractivity contribution in [1.82, 2.24) is 39.6 Å². The Bertz CT molecular complexity index is 2260. The molecule has 3 aromatic heterocycles. The number of carbonyl (C=O) groups is 2. The molecule has 4 aliphatic rings. The van der Waals surface area contributed by atoms with Crippen molar-refractivity contribution in [3.8, 4) is 39.5 Å². The van der Waals surface area contributed by atoms with E-state index in [2.05, 4.69) is 67.2 Å². The second kappa shape index (κ2) is 13.8. The van der Waals surface area contributed by atoms with Crippen LogP contribution in [0.4, 0.5) is 4.79 Å². The van der Waals surface area contributed by atoms with Gasteiger partial charge >= 0.3 is 6.09 Å². The van der Waals surface area contributed by atoms with Crippen molar-refractivity contribution in [3.05, 3.63) is 66.5 Å². The Hall–Kier alpha value is -5.22. The van der Waals surface area contributed by atoms with E-state index < -0.39 is 17.9 Å². The molecular formula is C40H47N9O6. The van der Waals surface area contributed by atoms with Crippen molar-refractivity contribution >= 4 is 22.9 Å². The first kappa shape index (κ1) is 35.5. The number of benzene rings is 2. The molecule has 3 fully saturated rings. The third-order valence-corrected chi connectivity index (χ3v) is 11.8. The molecule has 0 radical (unpaired) electrons. The molecule has 3 saturated heterocycles. The number of alkyl carbamates (subject to hydrolysis) is 1. The number of hydrogen-bond donors (Lipinski definition) is 5. The van der Waals surface area contributed by atoms with Crippen LogP contribution in [0.2, 0.25) is 0 Å². The summed E-state index contributed by atoms with van der Waals surface area (Å²) in [5, 5.41) is 14.8. The van der Waals surface area contributed by atoms with Gasteiger partial charge in [-0.15, -0.1) is 0 Å². The van der Waals surface area contributed by atoms with Gasteiger partial charge in [-0.25, -0.2) is 14.8 Å². The Morgan fingerprint density at radius 1 is 0.982 bits per heavy atom. The number of H-pyrrole nitrogens is 2. The number of amides is 2. The van der Waals surface area contributed by atoms with Gasteiger partial charge in [-0.05, 0) is 61.9 Å². The van der Waals surface area contributed by atoms with Crippen LogP contribution in [0.15, 0.2) is 54.9 Å². The maximum Gasteiger partial charge on any atom is 0.407 e. The highest BCUT2D eigenvalue weighted by Gasteiger charge is 2.52. The fourth-order valence-electron chi connectivity index (χ4n) is 8.60. The van der Waals surface area contributed by atoms with Crippen LogP contribution in [-0.4, -0.2) is 103 Å². The molecule has 55 heavy (non-hydrogen) atoms. The zero-order chi connectivity index (χ0) is 38.0. The predicted molar refractivity (Wildman–Crippen MR) is 203 cm³/mol. The lowest BCUT2D eigenvalue weighted by atomic mass is 9.95. The maximum atomic E-state index is 13.7. The third kappa shape index (κ3) is 6.05. The number of nitrogens with zero attached hydrogens (tertiary/aromatic N) is 5. The number of nitrogens with one attached hydrogen (secondary N) is 3. The Kier molecular flexibility index (Phi) is 8.91. The van der Waals surface area contributed by atoms with Gasteiger partial charge in [0.25, 0.3) is 5.91 Å². The van der Waals surface area contributed by atoms with Crippen LogP contribution in [-0.2, 0) is 21.0 Å². The summed E-state index contributed by atoms with van der Waals surface area (Å²) in [6.45, 7) is 6.01. The first-order valence-electron chi connectivity index (χ1n) is 19.1. The number of aliphatic hydroxyl groups is 1. The zero-order valence-electron chi connectivity index (χ0n) is 31.2. The molecule has 5 aromatic rings. The van der Waals surface area contributed by atoms with Crippen LogP contribution in [0.5, 0.6) is 5.75 Å². The minimum absolute atomic E-state index is 0.0187.